The van der Waals surface area contributed by atoms with Crippen molar-refractivity contribution in [2.45, 2.75) is 33.9 Å². The standard InChI is InChI=1S/C31H30N2/c1-22-14-11-12-21-28(22)32-25(4)30(26-17-7-5-8-18-26)33(27-19-9-6-10-20-27)31(32)29-23(2)15-13-16-24(29)3/h5-21,31H,1-4H3. The second-order valence-electron chi connectivity index (χ2n) is 8.84. The van der Waals surface area contributed by atoms with Gasteiger partial charge in [-0.15, -0.1) is 0 Å². The van der Waals surface area contributed by atoms with E-state index >= 15 is 0 Å². The first-order valence-corrected chi connectivity index (χ1v) is 11.6. The van der Waals surface area contributed by atoms with Gasteiger partial charge in [-0.25, -0.2) is 0 Å². The lowest BCUT2D eigenvalue weighted by atomic mass is 9.97. The number of allylic oxidation sites excluding steroid dienone is 1. The van der Waals surface area contributed by atoms with E-state index in [0.717, 1.165) is 0 Å². The molecule has 0 aromatic heterocycles. The average molecular weight is 431 g/mol. The number of hydrogen-bond acceptors (Lipinski definition) is 2. The van der Waals surface area contributed by atoms with Crippen molar-refractivity contribution in [3.05, 3.63) is 137 Å². The van der Waals surface area contributed by atoms with Crippen molar-refractivity contribution in [3.8, 4) is 0 Å². The van der Waals surface area contributed by atoms with Crippen LogP contribution in [0.2, 0.25) is 0 Å². The maximum absolute atomic E-state index is 2.53. The summed E-state index contributed by atoms with van der Waals surface area (Å²) in [6.07, 6.45) is 0.0184. The third-order valence-electron chi connectivity index (χ3n) is 6.69. The van der Waals surface area contributed by atoms with Gasteiger partial charge in [-0.2, -0.15) is 0 Å². The Morgan fingerprint density at radius 3 is 1.70 bits per heavy atom. The molecule has 2 heteroatoms. The van der Waals surface area contributed by atoms with Crippen molar-refractivity contribution in [1.29, 1.82) is 0 Å². The van der Waals surface area contributed by atoms with Crippen molar-refractivity contribution in [1.82, 2.24) is 0 Å². The number of benzene rings is 4. The summed E-state index contributed by atoms with van der Waals surface area (Å²) in [6.45, 7) is 8.94. The van der Waals surface area contributed by atoms with Gasteiger partial charge in [0.15, 0.2) is 0 Å². The molecule has 1 aliphatic heterocycles. The minimum Gasteiger partial charge on any atom is -0.318 e. The van der Waals surface area contributed by atoms with Crippen LogP contribution in [-0.4, -0.2) is 0 Å². The second kappa shape index (κ2) is 8.63. The molecule has 0 fully saturated rings. The van der Waals surface area contributed by atoms with E-state index in [1.165, 1.54) is 50.6 Å². The number of hydrogen-bond donors (Lipinski definition) is 0. The Morgan fingerprint density at radius 2 is 1.06 bits per heavy atom. The molecule has 164 valence electrons. The third-order valence-corrected chi connectivity index (χ3v) is 6.69. The molecule has 1 atom stereocenters. The fraction of sp³-hybridized carbons (Fsp3) is 0.161. The Labute approximate surface area is 197 Å². The summed E-state index contributed by atoms with van der Waals surface area (Å²) < 4.78 is 0. The Balaban J connectivity index is 1.85. The molecule has 2 nitrogen and oxygen atoms in total. The van der Waals surface area contributed by atoms with E-state index in [1.54, 1.807) is 0 Å². The molecule has 5 rings (SSSR count). The molecule has 33 heavy (non-hydrogen) atoms. The Kier molecular flexibility index (Phi) is 5.51. The van der Waals surface area contributed by atoms with Gasteiger partial charge in [0.2, 0.25) is 0 Å². The summed E-state index contributed by atoms with van der Waals surface area (Å²) in [4.78, 5) is 5.05. The summed E-state index contributed by atoms with van der Waals surface area (Å²) in [5, 5.41) is 0. The Morgan fingerprint density at radius 1 is 0.515 bits per heavy atom. The molecular formula is C31H30N2. The predicted octanol–water partition coefficient (Wildman–Crippen LogP) is 8.03. The van der Waals surface area contributed by atoms with Gasteiger partial charge in [0, 0.05) is 22.6 Å². The second-order valence-corrected chi connectivity index (χ2v) is 8.84. The summed E-state index contributed by atoms with van der Waals surface area (Å²) >= 11 is 0. The molecule has 0 N–H and O–H groups in total. The SMILES string of the molecule is CC1=C(c2ccccc2)N(c2ccccc2)C(c2c(C)cccc2C)N1c1ccccc1C. The van der Waals surface area contributed by atoms with Crippen LogP contribution in [0.15, 0.2) is 109 Å². The lowest BCUT2D eigenvalue weighted by molar-refractivity contribution is 0.714. The highest BCUT2D eigenvalue weighted by Gasteiger charge is 2.41. The monoisotopic (exact) mass is 430 g/mol. The van der Waals surface area contributed by atoms with Crippen molar-refractivity contribution in [3.63, 3.8) is 0 Å². The minimum absolute atomic E-state index is 0.0184. The molecule has 0 spiro atoms. The van der Waals surface area contributed by atoms with Gasteiger partial charge in [-0.3, -0.25) is 0 Å². The first-order chi connectivity index (χ1) is 16.1. The first kappa shape index (κ1) is 21.1. The molecule has 0 saturated heterocycles. The van der Waals surface area contributed by atoms with Gasteiger partial charge in [0.1, 0.15) is 6.17 Å². The van der Waals surface area contributed by atoms with E-state index in [-0.39, 0.29) is 6.17 Å². The fourth-order valence-electron chi connectivity index (χ4n) is 5.15. The van der Waals surface area contributed by atoms with Crippen LogP contribution >= 0.6 is 0 Å². The molecule has 4 aromatic carbocycles. The van der Waals surface area contributed by atoms with E-state index in [1.807, 2.05) is 0 Å². The zero-order valence-electron chi connectivity index (χ0n) is 19.8. The van der Waals surface area contributed by atoms with Crippen LogP contribution in [0.1, 0.15) is 40.9 Å². The highest BCUT2D eigenvalue weighted by atomic mass is 15.4. The van der Waals surface area contributed by atoms with Crippen molar-refractivity contribution < 1.29 is 0 Å². The molecule has 1 heterocycles. The third kappa shape index (κ3) is 3.62. The molecule has 0 amide bonds. The number of rotatable bonds is 4. The first-order valence-electron chi connectivity index (χ1n) is 11.6. The Bertz CT molecular complexity index is 1290. The van der Waals surface area contributed by atoms with Gasteiger partial charge in [0.05, 0.1) is 5.70 Å². The number of anilines is 2. The van der Waals surface area contributed by atoms with Crippen molar-refractivity contribution in [2.75, 3.05) is 9.80 Å². The quantitative estimate of drug-likeness (QED) is 0.323. The number of para-hydroxylation sites is 2. The molecule has 1 aliphatic rings. The van der Waals surface area contributed by atoms with Crippen molar-refractivity contribution >= 4 is 17.1 Å². The average Bonchev–Trinajstić information content (AvgIpc) is 3.13. The minimum atomic E-state index is 0.0184. The topological polar surface area (TPSA) is 6.48 Å². The summed E-state index contributed by atoms with van der Waals surface area (Å²) in [5.41, 5.74) is 11.4. The van der Waals surface area contributed by atoms with Crippen LogP contribution in [-0.2, 0) is 0 Å². The summed E-state index contributed by atoms with van der Waals surface area (Å²) in [6, 6.07) is 36.9. The molecule has 0 radical (unpaired) electrons. The van der Waals surface area contributed by atoms with E-state index in [2.05, 4.69) is 141 Å². The van der Waals surface area contributed by atoms with Crippen LogP contribution in [0.5, 0.6) is 0 Å². The largest absolute Gasteiger partial charge is 0.318 e. The highest BCUT2D eigenvalue weighted by molar-refractivity contribution is 5.90. The van der Waals surface area contributed by atoms with Crippen LogP contribution in [0.4, 0.5) is 11.4 Å². The zero-order chi connectivity index (χ0) is 22.9. The normalized spacial score (nSPS) is 15.9. The van der Waals surface area contributed by atoms with Crippen LogP contribution < -0.4 is 9.80 Å². The maximum atomic E-state index is 2.53. The summed E-state index contributed by atoms with van der Waals surface area (Å²) in [5.74, 6) is 0. The highest BCUT2D eigenvalue weighted by Crippen LogP contribution is 2.50. The smallest absolute Gasteiger partial charge is 0.137 e. The Hall–Kier alpha value is -3.78. The van der Waals surface area contributed by atoms with Gasteiger partial charge in [-0.05, 0) is 68.1 Å². The van der Waals surface area contributed by atoms with Gasteiger partial charge in [-0.1, -0.05) is 84.9 Å². The molecule has 4 aromatic rings. The van der Waals surface area contributed by atoms with Gasteiger partial charge in [0.25, 0.3) is 0 Å². The van der Waals surface area contributed by atoms with Crippen LogP contribution in [0, 0.1) is 20.8 Å². The van der Waals surface area contributed by atoms with Crippen LogP contribution in [0.3, 0.4) is 0 Å². The number of aryl methyl sites for hydroxylation is 3. The zero-order valence-corrected chi connectivity index (χ0v) is 19.8. The summed E-state index contributed by atoms with van der Waals surface area (Å²) in [7, 11) is 0. The maximum Gasteiger partial charge on any atom is 0.137 e. The molecule has 1 unspecified atom stereocenters. The lowest BCUT2D eigenvalue weighted by Gasteiger charge is -2.37. The molecule has 0 aliphatic carbocycles. The fourth-order valence-corrected chi connectivity index (χ4v) is 5.15. The van der Waals surface area contributed by atoms with Gasteiger partial charge >= 0.3 is 0 Å². The van der Waals surface area contributed by atoms with Crippen LogP contribution in [0.25, 0.3) is 5.70 Å². The van der Waals surface area contributed by atoms with E-state index in [4.69, 9.17) is 0 Å². The molecule has 0 saturated carbocycles. The number of nitrogens with zero attached hydrogens (tertiary/aromatic N) is 2. The van der Waals surface area contributed by atoms with Gasteiger partial charge < -0.3 is 9.80 Å². The molecule has 0 bridgehead atoms. The lowest BCUT2D eigenvalue weighted by Crippen LogP contribution is -2.34. The van der Waals surface area contributed by atoms with E-state index in [0.29, 0.717) is 0 Å². The van der Waals surface area contributed by atoms with E-state index in [9.17, 15) is 0 Å². The molecular weight excluding hydrogens is 400 g/mol. The van der Waals surface area contributed by atoms with E-state index < -0.39 is 0 Å². The predicted molar refractivity (Wildman–Crippen MR) is 140 cm³/mol. The van der Waals surface area contributed by atoms with Crippen molar-refractivity contribution in [2.24, 2.45) is 0 Å².